The maximum absolute atomic E-state index is 2.79. The van der Waals surface area contributed by atoms with Crippen LogP contribution >= 0.6 is 0 Å². The van der Waals surface area contributed by atoms with E-state index in [1.807, 2.05) is 0 Å². The van der Waals surface area contributed by atoms with Gasteiger partial charge in [-0.1, -0.05) is 54.5 Å². The lowest BCUT2D eigenvalue weighted by molar-refractivity contribution is 0.200. The molecule has 0 bridgehead atoms. The molecule has 1 nitrogen and oxygen atoms in total. The molecule has 0 unspecified atom stereocenters. The lowest BCUT2D eigenvalue weighted by Gasteiger charge is -2.40. The maximum Gasteiger partial charge on any atom is 0.0516 e. The van der Waals surface area contributed by atoms with Crippen LogP contribution in [0.4, 0.5) is 0 Å². The molecule has 4 aliphatic rings. The summed E-state index contributed by atoms with van der Waals surface area (Å²) in [5.74, 6) is 1.34. The van der Waals surface area contributed by atoms with E-state index >= 15 is 0 Å². The van der Waals surface area contributed by atoms with Gasteiger partial charge in [-0.3, -0.25) is 0 Å². The fourth-order valence-electron chi connectivity index (χ4n) is 5.83. The SMILES string of the molecule is C/C=C(/C)[C@H](CC)C1=C(C)C[C@@H](N2C3=C(CCC=C3)[C@@H]3CC=CC[C@@H]32)C=C1. The van der Waals surface area contributed by atoms with Gasteiger partial charge in [0.05, 0.1) is 6.04 Å². The predicted octanol–water partition coefficient (Wildman–Crippen LogP) is 6.88. The molecule has 0 aromatic heterocycles. The minimum atomic E-state index is 0.520. The van der Waals surface area contributed by atoms with Gasteiger partial charge < -0.3 is 4.90 Å². The van der Waals surface area contributed by atoms with Crippen molar-refractivity contribution >= 4 is 0 Å². The molecule has 0 aromatic carbocycles. The second-order valence-corrected chi connectivity index (χ2v) is 8.74. The zero-order valence-corrected chi connectivity index (χ0v) is 17.5. The monoisotopic (exact) mass is 361 g/mol. The number of allylic oxidation sites excluding steroid dienone is 7. The summed E-state index contributed by atoms with van der Waals surface area (Å²) < 4.78 is 0. The summed E-state index contributed by atoms with van der Waals surface area (Å²) in [6, 6.07) is 1.19. The summed E-state index contributed by atoms with van der Waals surface area (Å²) in [5, 5.41) is 0. The van der Waals surface area contributed by atoms with Crippen molar-refractivity contribution in [2.75, 3.05) is 0 Å². The topological polar surface area (TPSA) is 3.24 Å². The highest BCUT2D eigenvalue weighted by Crippen LogP contribution is 2.47. The van der Waals surface area contributed by atoms with Crippen molar-refractivity contribution in [3.63, 3.8) is 0 Å². The van der Waals surface area contributed by atoms with Crippen molar-refractivity contribution < 1.29 is 0 Å². The maximum atomic E-state index is 2.79. The van der Waals surface area contributed by atoms with Crippen LogP contribution in [0.1, 0.15) is 66.2 Å². The zero-order chi connectivity index (χ0) is 19.0. The molecule has 4 rings (SSSR count). The van der Waals surface area contributed by atoms with E-state index in [1.54, 1.807) is 22.4 Å². The van der Waals surface area contributed by atoms with Crippen molar-refractivity contribution in [3.05, 3.63) is 70.5 Å². The number of hydrogen-bond acceptors (Lipinski definition) is 1. The first-order valence-electron chi connectivity index (χ1n) is 11.0. The Bertz CT molecular complexity index is 770. The normalized spacial score (nSPS) is 31.5. The van der Waals surface area contributed by atoms with E-state index in [-0.39, 0.29) is 0 Å². The van der Waals surface area contributed by atoms with Gasteiger partial charge >= 0.3 is 0 Å². The molecule has 4 atom stereocenters. The molecule has 0 radical (unpaired) electrons. The van der Waals surface area contributed by atoms with Gasteiger partial charge in [0.2, 0.25) is 0 Å². The quantitative estimate of drug-likeness (QED) is 0.493. The smallest absolute Gasteiger partial charge is 0.0516 e. The number of rotatable bonds is 4. The Hall–Kier alpha value is -1.76. The second kappa shape index (κ2) is 7.70. The third-order valence-electron chi connectivity index (χ3n) is 7.32. The van der Waals surface area contributed by atoms with Crippen molar-refractivity contribution in [1.82, 2.24) is 4.90 Å². The molecule has 0 spiro atoms. The predicted molar refractivity (Wildman–Crippen MR) is 116 cm³/mol. The molecule has 0 aromatic rings. The van der Waals surface area contributed by atoms with Crippen molar-refractivity contribution in [1.29, 1.82) is 0 Å². The van der Waals surface area contributed by atoms with Gasteiger partial charge in [-0.05, 0) is 76.5 Å². The van der Waals surface area contributed by atoms with Crippen LogP contribution in [-0.2, 0) is 0 Å². The largest absolute Gasteiger partial charge is 0.361 e. The molecule has 27 heavy (non-hydrogen) atoms. The van der Waals surface area contributed by atoms with Crippen LogP contribution in [0, 0.1) is 11.8 Å². The first-order valence-corrected chi connectivity index (χ1v) is 11.0. The van der Waals surface area contributed by atoms with Gasteiger partial charge in [-0.25, -0.2) is 0 Å². The standard InChI is InChI=1S/C26H35N/c1-5-18(3)21(6-2)22-16-15-20(17-19(22)4)27-25-13-9-7-11-23(25)24-12-8-10-14-26(24)27/h5,7,9-10,14-16,20-21,23,25H,6,8,11-13,17H2,1-4H3/b18-5-/t20-,21-,23-,25-/m0/s1. The zero-order valence-electron chi connectivity index (χ0n) is 17.5. The minimum absolute atomic E-state index is 0.520. The van der Waals surface area contributed by atoms with Crippen LogP contribution in [0.25, 0.3) is 0 Å². The molecule has 0 N–H and O–H groups in total. The summed E-state index contributed by atoms with van der Waals surface area (Å²) in [7, 11) is 0. The molecule has 0 saturated carbocycles. The van der Waals surface area contributed by atoms with Gasteiger partial charge in [-0.2, -0.15) is 0 Å². The van der Waals surface area contributed by atoms with Gasteiger partial charge in [0.1, 0.15) is 0 Å². The van der Waals surface area contributed by atoms with Crippen molar-refractivity contribution in [2.24, 2.45) is 11.8 Å². The van der Waals surface area contributed by atoms with E-state index in [0.717, 1.165) is 5.92 Å². The lowest BCUT2D eigenvalue weighted by Crippen LogP contribution is -2.42. The van der Waals surface area contributed by atoms with Crippen LogP contribution in [0.15, 0.2) is 70.5 Å². The Kier molecular flexibility index (Phi) is 5.30. The molecule has 0 fully saturated rings. The van der Waals surface area contributed by atoms with E-state index < -0.39 is 0 Å². The van der Waals surface area contributed by atoms with Gasteiger partial charge in [0.15, 0.2) is 0 Å². The van der Waals surface area contributed by atoms with Crippen LogP contribution < -0.4 is 0 Å². The highest BCUT2D eigenvalue weighted by molar-refractivity contribution is 5.42. The lowest BCUT2D eigenvalue weighted by atomic mass is 9.81. The summed E-state index contributed by atoms with van der Waals surface area (Å²) >= 11 is 0. The van der Waals surface area contributed by atoms with Gasteiger partial charge in [0.25, 0.3) is 0 Å². The Morgan fingerprint density at radius 3 is 2.78 bits per heavy atom. The Labute approximate surface area is 165 Å². The molecule has 1 heterocycles. The molecule has 0 amide bonds. The molecule has 1 heteroatoms. The average molecular weight is 362 g/mol. The number of hydrogen-bond donors (Lipinski definition) is 0. The van der Waals surface area contributed by atoms with E-state index in [1.165, 1.54) is 44.1 Å². The molecule has 1 aliphatic heterocycles. The van der Waals surface area contributed by atoms with E-state index in [2.05, 4.69) is 75.1 Å². The van der Waals surface area contributed by atoms with Crippen LogP contribution in [0.5, 0.6) is 0 Å². The molecule has 144 valence electrons. The van der Waals surface area contributed by atoms with Crippen molar-refractivity contribution in [2.45, 2.75) is 78.3 Å². The Morgan fingerprint density at radius 2 is 2.04 bits per heavy atom. The Balaban J connectivity index is 1.62. The average Bonchev–Trinajstić information content (AvgIpc) is 3.04. The fraction of sp³-hybridized carbons (Fsp3) is 0.538. The van der Waals surface area contributed by atoms with Crippen LogP contribution in [0.2, 0.25) is 0 Å². The summed E-state index contributed by atoms with van der Waals surface area (Å²) in [4.78, 5) is 2.79. The summed E-state index contributed by atoms with van der Waals surface area (Å²) in [5.41, 5.74) is 7.96. The minimum Gasteiger partial charge on any atom is -0.361 e. The van der Waals surface area contributed by atoms with Crippen molar-refractivity contribution in [3.8, 4) is 0 Å². The Morgan fingerprint density at radius 1 is 1.22 bits per heavy atom. The second-order valence-electron chi connectivity index (χ2n) is 8.74. The summed E-state index contributed by atoms with van der Waals surface area (Å²) in [6.45, 7) is 9.16. The van der Waals surface area contributed by atoms with E-state index in [4.69, 9.17) is 0 Å². The highest BCUT2D eigenvalue weighted by Gasteiger charge is 2.42. The van der Waals surface area contributed by atoms with Crippen LogP contribution in [-0.4, -0.2) is 17.0 Å². The first-order chi connectivity index (χ1) is 13.2. The molecular weight excluding hydrogens is 326 g/mol. The van der Waals surface area contributed by atoms with Gasteiger partial charge in [-0.15, -0.1) is 0 Å². The third kappa shape index (κ3) is 3.20. The van der Waals surface area contributed by atoms with Crippen LogP contribution in [0.3, 0.4) is 0 Å². The molecule has 3 aliphatic carbocycles. The number of fused-ring (bicyclic) bond motifs is 2. The van der Waals surface area contributed by atoms with E-state index in [0.29, 0.717) is 18.0 Å². The molecular formula is C26H35N. The fourth-order valence-corrected chi connectivity index (χ4v) is 5.83. The first kappa shape index (κ1) is 18.6. The highest BCUT2D eigenvalue weighted by atomic mass is 15.2. The van der Waals surface area contributed by atoms with E-state index in [9.17, 15) is 0 Å². The van der Waals surface area contributed by atoms with Gasteiger partial charge in [0, 0.05) is 23.6 Å². The number of nitrogens with zero attached hydrogens (tertiary/aromatic N) is 1. The summed E-state index contributed by atoms with van der Waals surface area (Å²) in [6.07, 6.45) is 24.2. The third-order valence-corrected chi connectivity index (χ3v) is 7.32. The molecule has 0 saturated heterocycles.